The number of nitrogens with zero attached hydrogens (tertiary/aromatic N) is 1. The van der Waals surface area contributed by atoms with Gasteiger partial charge >= 0.3 is 0 Å². The maximum absolute atomic E-state index is 5.54. The number of likely N-dealkylation sites (N-methyl/N-ethyl adjacent to an activating group) is 1. The SMILES string of the molecule is CCOc1ccc(CCN(C)CCS)cc1C. The van der Waals surface area contributed by atoms with Gasteiger partial charge in [-0.1, -0.05) is 12.1 Å². The van der Waals surface area contributed by atoms with Crippen LogP contribution in [0.4, 0.5) is 0 Å². The van der Waals surface area contributed by atoms with Crippen LogP contribution in [0.25, 0.3) is 0 Å². The molecule has 1 rings (SSSR count). The second-order valence-electron chi connectivity index (χ2n) is 4.31. The number of aryl methyl sites for hydroxylation is 1. The van der Waals surface area contributed by atoms with E-state index in [0.29, 0.717) is 0 Å². The Morgan fingerprint density at radius 3 is 2.65 bits per heavy atom. The van der Waals surface area contributed by atoms with E-state index < -0.39 is 0 Å². The summed E-state index contributed by atoms with van der Waals surface area (Å²) >= 11 is 4.24. The average Bonchev–Trinajstić information content (AvgIpc) is 2.30. The summed E-state index contributed by atoms with van der Waals surface area (Å²) in [5.41, 5.74) is 2.60. The lowest BCUT2D eigenvalue weighted by Gasteiger charge is -2.15. The molecule has 17 heavy (non-hydrogen) atoms. The number of thiol groups is 1. The van der Waals surface area contributed by atoms with Gasteiger partial charge < -0.3 is 9.64 Å². The van der Waals surface area contributed by atoms with Crippen molar-refractivity contribution < 1.29 is 4.74 Å². The van der Waals surface area contributed by atoms with Crippen LogP contribution in [0, 0.1) is 6.92 Å². The molecule has 0 spiro atoms. The molecule has 0 aromatic heterocycles. The van der Waals surface area contributed by atoms with E-state index in [4.69, 9.17) is 4.74 Å². The molecule has 3 heteroatoms. The molecule has 0 N–H and O–H groups in total. The van der Waals surface area contributed by atoms with Crippen molar-refractivity contribution in [3.05, 3.63) is 29.3 Å². The zero-order valence-electron chi connectivity index (χ0n) is 11.1. The van der Waals surface area contributed by atoms with Crippen LogP contribution in [0.15, 0.2) is 18.2 Å². The first-order chi connectivity index (χ1) is 8.17. The predicted molar refractivity (Wildman–Crippen MR) is 77.4 cm³/mol. The maximum atomic E-state index is 5.54. The minimum absolute atomic E-state index is 0.727. The minimum Gasteiger partial charge on any atom is -0.494 e. The lowest BCUT2D eigenvalue weighted by Crippen LogP contribution is -2.23. The molecule has 0 heterocycles. The van der Waals surface area contributed by atoms with E-state index >= 15 is 0 Å². The van der Waals surface area contributed by atoms with E-state index in [1.165, 1.54) is 11.1 Å². The van der Waals surface area contributed by atoms with E-state index in [-0.39, 0.29) is 0 Å². The largest absolute Gasteiger partial charge is 0.494 e. The summed E-state index contributed by atoms with van der Waals surface area (Å²) in [5.74, 6) is 1.92. The highest BCUT2D eigenvalue weighted by Gasteiger charge is 2.02. The van der Waals surface area contributed by atoms with Gasteiger partial charge in [0.15, 0.2) is 0 Å². The van der Waals surface area contributed by atoms with Crippen molar-refractivity contribution in [2.75, 3.05) is 32.5 Å². The number of benzene rings is 1. The fourth-order valence-electron chi connectivity index (χ4n) is 1.79. The van der Waals surface area contributed by atoms with Crippen LogP contribution in [0.1, 0.15) is 18.1 Å². The number of ether oxygens (including phenoxy) is 1. The molecule has 0 aliphatic carbocycles. The summed E-state index contributed by atoms with van der Waals surface area (Å²) in [5, 5.41) is 0. The van der Waals surface area contributed by atoms with E-state index in [9.17, 15) is 0 Å². The van der Waals surface area contributed by atoms with Gasteiger partial charge in [-0.25, -0.2) is 0 Å². The zero-order valence-corrected chi connectivity index (χ0v) is 12.0. The van der Waals surface area contributed by atoms with Gasteiger partial charge in [0.1, 0.15) is 5.75 Å². The molecule has 0 radical (unpaired) electrons. The van der Waals surface area contributed by atoms with Gasteiger partial charge in [0.25, 0.3) is 0 Å². The predicted octanol–water partition coefficient (Wildman–Crippen LogP) is 2.80. The number of rotatable bonds is 7. The van der Waals surface area contributed by atoms with Crippen LogP contribution in [-0.4, -0.2) is 37.4 Å². The maximum Gasteiger partial charge on any atom is 0.122 e. The van der Waals surface area contributed by atoms with Crippen molar-refractivity contribution in [1.82, 2.24) is 4.90 Å². The highest BCUT2D eigenvalue weighted by atomic mass is 32.1. The fourth-order valence-corrected chi connectivity index (χ4v) is 2.13. The fraction of sp³-hybridized carbons (Fsp3) is 0.571. The van der Waals surface area contributed by atoms with Crippen LogP contribution in [0.3, 0.4) is 0 Å². The molecule has 0 atom stereocenters. The lowest BCUT2D eigenvalue weighted by molar-refractivity contribution is 0.337. The third-order valence-electron chi connectivity index (χ3n) is 2.80. The molecular weight excluding hydrogens is 230 g/mol. The molecule has 0 saturated carbocycles. The topological polar surface area (TPSA) is 12.5 Å². The molecule has 0 saturated heterocycles. The van der Waals surface area contributed by atoms with Crippen molar-refractivity contribution in [3.8, 4) is 5.75 Å². The van der Waals surface area contributed by atoms with E-state index in [1.807, 2.05) is 6.92 Å². The monoisotopic (exact) mass is 253 g/mol. The standard InChI is InChI=1S/C14H23NOS/c1-4-16-14-6-5-13(11-12(14)2)7-8-15(3)9-10-17/h5-6,11,17H,4,7-10H2,1-3H3. The Morgan fingerprint density at radius 2 is 2.06 bits per heavy atom. The molecule has 0 aliphatic heterocycles. The highest BCUT2D eigenvalue weighted by molar-refractivity contribution is 7.80. The van der Waals surface area contributed by atoms with E-state index in [2.05, 4.69) is 49.7 Å². The quantitative estimate of drug-likeness (QED) is 0.750. The Bertz CT molecular complexity index is 341. The van der Waals surface area contributed by atoms with Gasteiger partial charge in [-0.2, -0.15) is 12.6 Å². The summed E-state index contributed by atoms with van der Waals surface area (Å²) in [4.78, 5) is 2.30. The van der Waals surface area contributed by atoms with Crippen LogP contribution in [0.5, 0.6) is 5.75 Å². The van der Waals surface area contributed by atoms with Crippen molar-refractivity contribution in [2.24, 2.45) is 0 Å². The Labute approximate surface area is 110 Å². The second kappa shape index (κ2) is 7.62. The first kappa shape index (κ1) is 14.4. The van der Waals surface area contributed by atoms with E-state index in [0.717, 1.165) is 37.6 Å². The summed E-state index contributed by atoms with van der Waals surface area (Å²) in [6.45, 7) is 6.96. The van der Waals surface area contributed by atoms with Crippen LogP contribution in [-0.2, 0) is 6.42 Å². The second-order valence-corrected chi connectivity index (χ2v) is 4.76. The Morgan fingerprint density at radius 1 is 1.29 bits per heavy atom. The summed E-state index contributed by atoms with van der Waals surface area (Å²) < 4.78 is 5.54. The molecule has 0 fully saturated rings. The molecule has 2 nitrogen and oxygen atoms in total. The smallest absolute Gasteiger partial charge is 0.122 e. The molecule has 0 unspecified atom stereocenters. The van der Waals surface area contributed by atoms with Gasteiger partial charge in [-0.3, -0.25) is 0 Å². The number of hydrogen-bond donors (Lipinski definition) is 1. The van der Waals surface area contributed by atoms with E-state index in [1.54, 1.807) is 0 Å². The van der Waals surface area contributed by atoms with Gasteiger partial charge in [0.05, 0.1) is 6.61 Å². The first-order valence-corrected chi connectivity index (χ1v) is 6.82. The van der Waals surface area contributed by atoms with Gasteiger partial charge in [-0.05, 0) is 44.5 Å². The zero-order chi connectivity index (χ0) is 12.7. The van der Waals surface area contributed by atoms with Crippen molar-refractivity contribution in [2.45, 2.75) is 20.3 Å². The van der Waals surface area contributed by atoms with Crippen molar-refractivity contribution in [3.63, 3.8) is 0 Å². The van der Waals surface area contributed by atoms with Crippen molar-refractivity contribution in [1.29, 1.82) is 0 Å². The molecular formula is C14H23NOS. The Kier molecular flexibility index (Phi) is 6.45. The molecule has 96 valence electrons. The minimum atomic E-state index is 0.727. The van der Waals surface area contributed by atoms with Crippen LogP contribution >= 0.6 is 12.6 Å². The summed E-state index contributed by atoms with van der Waals surface area (Å²) in [6.07, 6.45) is 1.08. The molecule has 0 bridgehead atoms. The third kappa shape index (κ3) is 5.00. The molecule has 1 aromatic rings. The van der Waals surface area contributed by atoms with Gasteiger partial charge in [0, 0.05) is 18.8 Å². The van der Waals surface area contributed by atoms with Gasteiger partial charge in [-0.15, -0.1) is 0 Å². The highest BCUT2D eigenvalue weighted by Crippen LogP contribution is 2.19. The summed E-state index contributed by atoms with van der Waals surface area (Å²) in [6, 6.07) is 6.46. The van der Waals surface area contributed by atoms with Crippen LogP contribution < -0.4 is 4.74 Å². The average molecular weight is 253 g/mol. The third-order valence-corrected chi connectivity index (χ3v) is 3.00. The Hall–Kier alpha value is -0.670. The van der Waals surface area contributed by atoms with Crippen molar-refractivity contribution >= 4 is 12.6 Å². The molecule has 1 aromatic carbocycles. The molecule has 0 aliphatic rings. The lowest BCUT2D eigenvalue weighted by atomic mass is 10.1. The van der Waals surface area contributed by atoms with Gasteiger partial charge in [0.2, 0.25) is 0 Å². The number of hydrogen-bond acceptors (Lipinski definition) is 3. The Balaban J connectivity index is 2.52. The van der Waals surface area contributed by atoms with Crippen LogP contribution in [0.2, 0.25) is 0 Å². The first-order valence-electron chi connectivity index (χ1n) is 6.19. The normalized spacial score (nSPS) is 10.9. The summed E-state index contributed by atoms with van der Waals surface area (Å²) in [7, 11) is 2.14. The molecule has 0 amide bonds.